The third-order valence-corrected chi connectivity index (χ3v) is 5.86. The molecule has 1 saturated heterocycles. The molecule has 2 aliphatic rings. The molecule has 1 aliphatic carbocycles. The fourth-order valence-electron chi connectivity index (χ4n) is 3.96. The molecule has 0 amide bonds. The van der Waals surface area contributed by atoms with Gasteiger partial charge in [-0.25, -0.2) is 0 Å². The maximum Gasteiger partial charge on any atom is 0.191 e. The average molecular weight is 343 g/mol. The van der Waals surface area contributed by atoms with Gasteiger partial charge in [-0.15, -0.1) is 0 Å². The molecule has 4 nitrogen and oxygen atoms in total. The van der Waals surface area contributed by atoms with Gasteiger partial charge in [0.15, 0.2) is 5.96 Å². The minimum Gasteiger partial charge on any atom is -0.356 e. The summed E-state index contributed by atoms with van der Waals surface area (Å²) in [6.07, 6.45) is 6.42. The van der Waals surface area contributed by atoms with Crippen molar-refractivity contribution in [2.24, 2.45) is 10.9 Å². The summed E-state index contributed by atoms with van der Waals surface area (Å²) in [6.45, 7) is 8.05. The predicted octanol–water partition coefficient (Wildman–Crippen LogP) is 3.01. The molecule has 1 aromatic carbocycles. The Morgan fingerprint density at radius 3 is 2.48 bits per heavy atom. The second-order valence-corrected chi connectivity index (χ2v) is 7.74. The molecule has 2 fully saturated rings. The van der Waals surface area contributed by atoms with Crippen LogP contribution in [-0.2, 0) is 5.41 Å². The maximum absolute atomic E-state index is 4.43. The molecule has 25 heavy (non-hydrogen) atoms. The quantitative estimate of drug-likeness (QED) is 0.591. The van der Waals surface area contributed by atoms with Crippen molar-refractivity contribution in [2.45, 2.75) is 44.4 Å². The zero-order valence-corrected chi connectivity index (χ0v) is 15.9. The number of hydrogen-bond acceptors (Lipinski definition) is 2. The number of benzene rings is 1. The first-order valence-corrected chi connectivity index (χ1v) is 9.98. The van der Waals surface area contributed by atoms with Gasteiger partial charge in [-0.05, 0) is 63.2 Å². The number of piperidine rings is 1. The van der Waals surface area contributed by atoms with Crippen molar-refractivity contribution in [3.8, 4) is 0 Å². The van der Waals surface area contributed by atoms with Crippen LogP contribution in [0.3, 0.4) is 0 Å². The third-order valence-electron chi connectivity index (χ3n) is 5.86. The van der Waals surface area contributed by atoms with E-state index in [0.717, 1.165) is 25.0 Å². The molecule has 2 N–H and O–H groups in total. The zero-order valence-electron chi connectivity index (χ0n) is 15.9. The van der Waals surface area contributed by atoms with Crippen molar-refractivity contribution in [3.63, 3.8) is 0 Å². The largest absolute Gasteiger partial charge is 0.356 e. The molecule has 0 unspecified atom stereocenters. The van der Waals surface area contributed by atoms with E-state index >= 15 is 0 Å². The van der Waals surface area contributed by atoms with Crippen LogP contribution in [0.1, 0.15) is 44.6 Å². The lowest BCUT2D eigenvalue weighted by molar-refractivity contribution is 0.185. The highest BCUT2D eigenvalue weighted by atomic mass is 15.2. The lowest BCUT2D eigenvalue weighted by Crippen LogP contribution is -2.44. The van der Waals surface area contributed by atoms with Gasteiger partial charge in [0.2, 0.25) is 0 Å². The minimum absolute atomic E-state index is 0.324. The van der Waals surface area contributed by atoms with E-state index in [9.17, 15) is 0 Å². The van der Waals surface area contributed by atoms with Gasteiger partial charge in [-0.2, -0.15) is 0 Å². The average Bonchev–Trinajstić information content (AvgIpc) is 3.45. The number of aliphatic imine (C=N–C) groups is 1. The molecule has 0 atom stereocenters. The van der Waals surface area contributed by atoms with Gasteiger partial charge in [-0.3, -0.25) is 4.99 Å². The van der Waals surface area contributed by atoms with Crippen LogP contribution < -0.4 is 10.6 Å². The van der Waals surface area contributed by atoms with Crippen molar-refractivity contribution in [1.29, 1.82) is 0 Å². The van der Waals surface area contributed by atoms with Gasteiger partial charge < -0.3 is 15.5 Å². The fourth-order valence-corrected chi connectivity index (χ4v) is 3.96. The van der Waals surface area contributed by atoms with Crippen molar-refractivity contribution in [1.82, 2.24) is 15.5 Å². The summed E-state index contributed by atoms with van der Waals surface area (Å²) in [4.78, 5) is 7.02. The molecule has 1 heterocycles. The Balaban J connectivity index is 1.41. The second kappa shape index (κ2) is 8.70. The van der Waals surface area contributed by atoms with Crippen LogP contribution in [0.25, 0.3) is 0 Å². The molecule has 0 aromatic heterocycles. The van der Waals surface area contributed by atoms with Gasteiger partial charge >= 0.3 is 0 Å². The van der Waals surface area contributed by atoms with Gasteiger partial charge in [0.25, 0.3) is 0 Å². The van der Waals surface area contributed by atoms with Gasteiger partial charge in [0, 0.05) is 25.6 Å². The SMILES string of the molecule is CCCN1CCC(CNC(=NC)NCC2(c3ccccc3)CC2)CC1. The lowest BCUT2D eigenvalue weighted by atomic mass is 9.96. The Morgan fingerprint density at radius 1 is 1.16 bits per heavy atom. The molecule has 1 aliphatic heterocycles. The Labute approximate surface area is 153 Å². The summed E-state index contributed by atoms with van der Waals surface area (Å²) in [5.41, 5.74) is 1.78. The summed E-state index contributed by atoms with van der Waals surface area (Å²) in [5, 5.41) is 7.13. The lowest BCUT2D eigenvalue weighted by Gasteiger charge is -2.32. The van der Waals surface area contributed by atoms with Gasteiger partial charge in [-0.1, -0.05) is 37.3 Å². The number of hydrogen-bond donors (Lipinski definition) is 2. The van der Waals surface area contributed by atoms with E-state index in [-0.39, 0.29) is 0 Å². The maximum atomic E-state index is 4.43. The molecule has 138 valence electrons. The van der Waals surface area contributed by atoms with Crippen molar-refractivity contribution < 1.29 is 0 Å². The van der Waals surface area contributed by atoms with Crippen LogP contribution in [0.4, 0.5) is 0 Å². The van der Waals surface area contributed by atoms with E-state index < -0.39 is 0 Å². The number of nitrogens with one attached hydrogen (secondary N) is 2. The van der Waals surface area contributed by atoms with Crippen molar-refractivity contribution in [2.75, 3.05) is 39.8 Å². The fraction of sp³-hybridized carbons (Fsp3) is 0.667. The van der Waals surface area contributed by atoms with E-state index in [1.807, 2.05) is 7.05 Å². The first-order valence-electron chi connectivity index (χ1n) is 9.98. The molecule has 0 radical (unpaired) electrons. The van der Waals surface area contributed by atoms with Gasteiger partial charge in [0.05, 0.1) is 0 Å². The molecule has 1 aromatic rings. The molecular weight excluding hydrogens is 308 g/mol. The molecular formula is C21H34N4. The molecule has 3 rings (SSSR count). The summed E-state index contributed by atoms with van der Waals surface area (Å²) >= 11 is 0. The molecule has 4 heteroatoms. The smallest absolute Gasteiger partial charge is 0.191 e. The molecule has 0 bridgehead atoms. The van der Waals surface area contributed by atoms with Crippen LogP contribution in [0.2, 0.25) is 0 Å². The normalized spacial score (nSPS) is 21.1. The monoisotopic (exact) mass is 342 g/mol. The standard InChI is InChI=1S/C21H34N4/c1-3-13-25-14-9-18(10-15-25)16-23-20(22-2)24-17-21(11-12-21)19-7-5-4-6-8-19/h4-8,18H,3,9-17H2,1-2H3,(H2,22,23,24). The summed E-state index contributed by atoms with van der Waals surface area (Å²) in [6, 6.07) is 10.9. The van der Waals surface area contributed by atoms with Crippen molar-refractivity contribution >= 4 is 5.96 Å². The zero-order chi connectivity index (χ0) is 17.5. The van der Waals surface area contributed by atoms with E-state index in [0.29, 0.717) is 5.41 Å². The first-order chi connectivity index (χ1) is 12.3. The Morgan fingerprint density at radius 2 is 1.88 bits per heavy atom. The summed E-state index contributed by atoms with van der Waals surface area (Å²) in [5.74, 6) is 1.73. The Hall–Kier alpha value is -1.55. The van der Waals surface area contributed by atoms with Crippen LogP contribution in [0.5, 0.6) is 0 Å². The molecule has 0 spiro atoms. The highest BCUT2D eigenvalue weighted by Crippen LogP contribution is 2.47. The first kappa shape index (κ1) is 18.2. The Kier molecular flexibility index (Phi) is 6.35. The van der Waals surface area contributed by atoms with Crippen LogP contribution >= 0.6 is 0 Å². The van der Waals surface area contributed by atoms with Crippen LogP contribution in [0.15, 0.2) is 35.3 Å². The Bertz CT molecular complexity index is 542. The summed E-state index contributed by atoms with van der Waals surface area (Å²) in [7, 11) is 1.88. The number of guanidine groups is 1. The van der Waals surface area contributed by atoms with Crippen LogP contribution in [-0.4, -0.2) is 50.6 Å². The van der Waals surface area contributed by atoms with E-state index in [1.54, 1.807) is 0 Å². The number of likely N-dealkylation sites (tertiary alicyclic amines) is 1. The number of rotatable bonds is 7. The minimum atomic E-state index is 0.324. The van der Waals surface area contributed by atoms with E-state index in [4.69, 9.17) is 0 Å². The van der Waals surface area contributed by atoms with Gasteiger partial charge in [0.1, 0.15) is 0 Å². The number of nitrogens with zero attached hydrogens (tertiary/aromatic N) is 2. The summed E-state index contributed by atoms with van der Waals surface area (Å²) < 4.78 is 0. The predicted molar refractivity (Wildman–Crippen MR) is 106 cm³/mol. The topological polar surface area (TPSA) is 39.7 Å². The molecule has 1 saturated carbocycles. The van der Waals surface area contributed by atoms with E-state index in [1.165, 1.54) is 57.3 Å². The highest BCUT2D eigenvalue weighted by Gasteiger charge is 2.44. The van der Waals surface area contributed by atoms with E-state index in [2.05, 4.69) is 57.8 Å². The third kappa shape index (κ3) is 4.97. The highest BCUT2D eigenvalue weighted by molar-refractivity contribution is 5.79. The van der Waals surface area contributed by atoms with Crippen LogP contribution in [0, 0.1) is 5.92 Å². The second-order valence-electron chi connectivity index (χ2n) is 7.74. The van der Waals surface area contributed by atoms with Crippen molar-refractivity contribution in [3.05, 3.63) is 35.9 Å².